The fraction of sp³-hybridized carbons (Fsp3) is 0.667. The van der Waals surface area contributed by atoms with E-state index < -0.39 is 17.3 Å². The average molecular weight is 286 g/mol. The Morgan fingerprint density at radius 1 is 1.58 bits per heavy atom. The van der Waals surface area contributed by atoms with Crippen LogP contribution in [-0.2, 0) is 16.9 Å². The molecule has 0 bridgehead atoms. The van der Waals surface area contributed by atoms with E-state index in [0.717, 1.165) is 0 Å². The molecule has 0 aromatic carbocycles. The largest absolute Gasteiger partial charge is 0.444 e. The smallest absolute Gasteiger partial charge is 0.410 e. The molecule has 6 nitrogen and oxygen atoms in total. The van der Waals surface area contributed by atoms with Gasteiger partial charge in [-0.25, -0.2) is 9.78 Å². The van der Waals surface area contributed by atoms with Crippen molar-refractivity contribution >= 4 is 17.4 Å². The number of carbonyl (C=O) groups excluding carboxylic acids is 1. The first-order chi connectivity index (χ1) is 8.73. The van der Waals surface area contributed by atoms with Gasteiger partial charge in [0.2, 0.25) is 0 Å². The van der Waals surface area contributed by atoms with Crippen LogP contribution < -0.4 is 0 Å². The van der Waals surface area contributed by atoms with E-state index in [0.29, 0.717) is 10.7 Å². The standard InChI is InChI=1S/C12H18N2O4S/c1-11(2,3)18-10(16)14-6-12(17,7-14)9-13-8(4-15)5-19-9/h5,15,17H,4,6-7H2,1-3H3. The summed E-state index contributed by atoms with van der Waals surface area (Å²) in [6.45, 7) is 5.57. The highest BCUT2D eigenvalue weighted by Crippen LogP contribution is 2.34. The van der Waals surface area contributed by atoms with Crippen LogP contribution in [0.4, 0.5) is 4.79 Å². The molecule has 106 valence electrons. The lowest BCUT2D eigenvalue weighted by Crippen LogP contribution is -2.61. The number of aliphatic hydroxyl groups is 2. The van der Waals surface area contributed by atoms with Crippen LogP contribution >= 0.6 is 11.3 Å². The summed E-state index contributed by atoms with van der Waals surface area (Å²) in [4.78, 5) is 17.3. The van der Waals surface area contributed by atoms with Crippen molar-refractivity contribution in [3.05, 3.63) is 16.1 Å². The number of carbonyl (C=O) groups is 1. The Kier molecular flexibility index (Phi) is 3.55. The monoisotopic (exact) mass is 286 g/mol. The lowest BCUT2D eigenvalue weighted by atomic mass is 9.95. The Hall–Kier alpha value is -1.18. The number of aliphatic hydroxyl groups excluding tert-OH is 1. The van der Waals surface area contributed by atoms with Crippen molar-refractivity contribution in [1.82, 2.24) is 9.88 Å². The zero-order chi connectivity index (χ0) is 14.3. The van der Waals surface area contributed by atoms with Gasteiger partial charge in [0.1, 0.15) is 10.6 Å². The third-order valence-electron chi connectivity index (χ3n) is 2.67. The molecule has 0 unspecified atom stereocenters. The summed E-state index contributed by atoms with van der Waals surface area (Å²) in [6, 6.07) is 0. The van der Waals surface area contributed by atoms with Crippen molar-refractivity contribution in [2.24, 2.45) is 0 Å². The van der Waals surface area contributed by atoms with Gasteiger partial charge in [0.05, 0.1) is 25.4 Å². The summed E-state index contributed by atoms with van der Waals surface area (Å²) >= 11 is 1.28. The van der Waals surface area contributed by atoms with Gasteiger partial charge < -0.3 is 19.8 Å². The van der Waals surface area contributed by atoms with Crippen LogP contribution in [0.15, 0.2) is 5.38 Å². The van der Waals surface area contributed by atoms with E-state index in [1.807, 2.05) is 0 Å². The van der Waals surface area contributed by atoms with Crippen molar-refractivity contribution in [1.29, 1.82) is 0 Å². The zero-order valence-corrected chi connectivity index (χ0v) is 12.0. The van der Waals surface area contributed by atoms with Gasteiger partial charge in [-0.1, -0.05) is 0 Å². The summed E-state index contributed by atoms with van der Waals surface area (Å²) in [5.41, 5.74) is -1.13. The van der Waals surface area contributed by atoms with Gasteiger partial charge in [0.15, 0.2) is 5.60 Å². The Balaban J connectivity index is 1.96. The lowest BCUT2D eigenvalue weighted by molar-refractivity contribution is -0.103. The van der Waals surface area contributed by atoms with Crippen LogP contribution in [0.25, 0.3) is 0 Å². The number of ether oxygens (including phenoxy) is 1. The third kappa shape index (κ3) is 3.05. The zero-order valence-electron chi connectivity index (χ0n) is 11.2. The molecule has 0 radical (unpaired) electrons. The summed E-state index contributed by atoms with van der Waals surface area (Å²) in [5.74, 6) is 0. The van der Waals surface area contributed by atoms with Crippen molar-refractivity contribution < 1.29 is 19.7 Å². The number of rotatable bonds is 2. The molecular formula is C12H18N2O4S. The summed E-state index contributed by atoms with van der Waals surface area (Å²) in [5, 5.41) is 21.5. The van der Waals surface area contributed by atoms with Gasteiger partial charge in [-0.3, -0.25) is 0 Å². The van der Waals surface area contributed by atoms with Crippen LogP contribution in [0.3, 0.4) is 0 Å². The maximum Gasteiger partial charge on any atom is 0.410 e. The minimum Gasteiger partial charge on any atom is -0.444 e. The molecule has 1 aliphatic rings. The molecule has 0 saturated carbocycles. The topological polar surface area (TPSA) is 82.9 Å². The molecule has 7 heteroatoms. The number of nitrogens with zero attached hydrogens (tertiary/aromatic N) is 2. The number of hydrogen-bond donors (Lipinski definition) is 2. The van der Waals surface area contributed by atoms with Crippen molar-refractivity contribution in [2.45, 2.75) is 38.6 Å². The van der Waals surface area contributed by atoms with Crippen molar-refractivity contribution in [3.63, 3.8) is 0 Å². The third-order valence-corrected chi connectivity index (χ3v) is 3.75. The SMILES string of the molecule is CC(C)(C)OC(=O)N1CC(O)(c2nc(CO)cs2)C1. The minimum absolute atomic E-state index is 0.150. The molecule has 0 aliphatic carbocycles. The molecule has 0 spiro atoms. The van der Waals surface area contributed by atoms with Crippen molar-refractivity contribution in [3.8, 4) is 0 Å². The fourth-order valence-corrected chi connectivity index (χ4v) is 2.66. The Morgan fingerprint density at radius 2 is 2.21 bits per heavy atom. The summed E-state index contributed by atoms with van der Waals surface area (Å²) in [6.07, 6.45) is -0.434. The van der Waals surface area contributed by atoms with Crippen LogP contribution in [0.2, 0.25) is 0 Å². The normalized spacial score (nSPS) is 18.1. The molecule has 1 fully saturated rings. The van der Waals surface area contributed by atoms with E-state index in [-0.39, 0.29) is 19.7 Å². The Bertz CT molecular complexity index is 474. The number of β-amino-alcohol motifs (C(OH)–C–C–N with tert-alkyl or cyclic N) is 1. The predicted molar refractivity (Wildman–Crippen MR) is 69.7 cm³/mol. The van der Waals surface area contributed by atoms with Gasteiger partial charge in [0, 0.05) is 5.38 Å². The highest BCUT2D eigenvalue weighted by Gasteiger charge is 2.48. The molecule has 1 aliphatic heterocycles. The first-order valence-electron chi connectivity index (χ1n) is 5.99. The molecule has 19 heavy (non-hydrogen) atoms. The lowest BCUT2D eigenvalue weighted by Gasteiger charge is -2.44. The molecule has 1 aromatic heterocycles. The molecule has 0 atom stereocenters. The second kappa shape index (κ2) is 4.73. The number of amides is 1. The van der Waals surface area contributed by atoms with E-state index in [1.54, 1.807) is 26.2 Å². The average Bonchev–Trinajstić information content (AvgIpc) is 2.70. The van der Waals surface area contributed by atoms with E-state index in [9.17, 15) is 9.90 Å². The van der Waals surface area contributed by atoms with Gasteiger partial charge in [0.25, 0.3) is 0 Å². The quantitative estimate of drug-likeness (QED) is 0.850. The van der Waals surface area contributed by atoms with E-state index in [4.69, 9.17) is 9.84 Å². The van der Waals surface area contributed by atoms with Crippen LogP contribution in [0.1, 0.15) is 31.5 Å². The first-order valence-corrected chi connectivity index (χ1v) is 6.87. The summed E-state index contributed by atoms with van der Waals surface area (Å²) in [7, 11) is 0. The number of thiazole rings is 1. The number of aromatic nitrogens is 1. The highest BCUT2D eigenvalue weighted by molar-refractivity contribution is 7.09. The molecule has 2 N–H and O–H groups in total. The molecule has 1 aromatic rings. The molecule has 1 amide bonds. The van der Waals surface area contributed by atoms with Crippen LogP contribution in [-0.4, -0.2) is 44.9 Å². The fourth-order valence-electron chi connectivity index (χ4n) is 1.77. The summed E-state index contributed by atoms with van der Waals surface area (Å²) < 4.78 is 5.22. The predicted octanol–water partition coefficient (Wildman–Crippen LogP) is 1.07. The molecule has 2 rings (SSSR count). The Labute approximate surface area is 115 Å². The van der Waals surface area contributed by atoms with E-state index in [2.05, 4.69) is 4.98 Å². The Morgan fingerprint density at radius 3 is 2.68 bits per heavy atom. The van der Waals surface area contributed by atoms with E-state index in [1.165, 1.54) is 16.2 Å². The minimum atomic E-state index is -1.12. The molecular weight excluding hydrogens is 268 g/mol. The molecule has 1 saturated heterocycles. The van der Waals surface area contributed by atoms with Crippen molar-refractivity contribution in [2.75, 3.05) is 13.1 Å². The first kappa shape index (κ1) is 14.2. The molecule has 2 heterocycles. The van der Waals surface area contributed by atoms with Crippen LogP contribution in [0, 0.1) is 0 Å². The van der Waals surface area contributed by atoms with Gasteiger partial charge in [-0.2, -0.15) is 0 Å². The van der Waals surface area contributed by atoms with Gasteiger partial charge >= 0.3 is 6.09 Å². The maximum atomic E-state index is 11.8. The second-order valence-electron chi connectivity index (χ2n) is 5.67. The van der Waals surface area contributed by atoms with E-state index >= 15 is 0 Å². The number of hydrogen-bond acceptors (Lipinski definition) is 6. The van der Waals surface area contributed by atoms with Gasteiger partial charge in [-0.05, 0) is 20.8 Å². The second-order valence-corrected chi connectivity index (χ2v) is 6.53. The van der Waals surface area contributed by atoms with Gasteiger partial charge in [-0.15, -0.1) is 11.3 Å². The maximum absolute atomic E-state index is 11.8. The number of likely N-dealkylation sites (tertiary alicyclic amines) is 1. The van der Waals surface area contributed by atoms with Crippen LogP contribution in [0.5, 0.6) is 0 Å². The highest BCUT2D eigenvalue weighted by atomic mass is 32.1.